The van der Waals surface area contributed by atoms with Gasteiger partial charge in [-0.25, -0.2) is 4.79 Å². The van der Waals surface area contributed by atoms with E-state index in [9.17, 15) is 4.79 Å². The van der Waals surface area contributed by atoms with Crippen LogP contribution in [0.15, 0.2) is 72.3 Å². The number of fused-ring (bicyclic) bond motifs is 1. The van der Waals surface area contributed by atoms with E-state index in [2.05, 4.69) is 86.8 Å². The van der Waals surface area contributed by atoms with Crippen LogP contribution in [0.2, 0.25) is 5.04 Å². The van der Waals surface area contributed by atoms with Crippen molar-refractivity contribution in [2.24, 2.45) is 0 Å². The number of benzene rings is 2. The highest BCUT2D eigenvalue weighted by atomic mass is 28.4. The minimum Gasteiger partial charge on any atom is -0.463 e. The molecule has 0 radical (unpaired) electrons. The Labute approximate surface area is 180 Å². The molecular formula is C25H31NO3Si. The van der Waals surface area contributed by atoms with Crippen molar-refractivity contribution in [3.05, 3.63) is 72.3 Å². The molecule has 1 aliphatic carbocycles. The Morgan fingerprint density at radius 2 is 1.60 bits per heavy atom. The van der Waals surface area contributed by atoms with Gasteiger partial charge in [0, 0.05) is 18.0 Å². The van der Waals surface area contributed by atoms with Crippen molar-refractivity contribution >= 4 is 24.7 Å². The summed E-state index contributed by atoms with van der Waals surface area (Å²) in [5, 5.41) is 5.92. The number of ether oxygens (including phenoxy) is 1. The number of rotatable bonds is 6. The van der Waals surface area contributed by atoms with Crippen LogP contribution in [0.3, 0.4) is 0 Å². The average Bonchev–Trinajstić information content (AvgIpc) is 3.52. The molecule has 4 rings (SSSR count). The molecule has 0 aromatic heterocycles. The van der Waals surface area contributed by atoms with Crippen LogP contribution in [0, 0.1) is 0 Å². The van der Waals surface area contributed by atoms with Crippen LogP contribution in [0.5, 0.6) is 0 Å². The summed E-state index contributed by atoms with van der Waals surface area (Å²) in [5.41, 5.74) is 0.728. The lowest BCUT2D eigenvalue weighted by molar-refractivity contribution is -0.139. The number of carbonyl (C=O) groups is 1. The van der Waals surface area contributed by atoms with Gasteiger partial charge in [-0.2, -0.15) is 0 Å². The fourth-order valence-corrected chi connectivity index (χ4v) is 9.39. The van der Waals surface area contributed by atoms with Gasteiger partial charge < -0.3 is 14.5 Å². The summed E-state index contributed by atoms with van der Waals surface area (Å²) in [4.78, 5) is 12.4. The molecule has 2 aromatic rings. The third-order valence-corrected chi connectivity index (χ3v) is 11.2. The van der Waals surface area contributed by atoms with Crippen LogP contribution in [-0.2, 0) is 14.0 Å². The largest absolute Gasteiger partial charge is 0.463 e. The van der Waals surface area contributed by atoms with Crippen molar-refractivity contribution in [3.63, 3.8) is 0 Å². The second-order valence-electron chi connectivity index (χ2n) is 9.15. The van der Waals surface area contributed by atoms with E-state index in [0.717, 1.165) is 5.57 Å². The summed E-state index contributed by atoms with van der Waals surface area (Å²) in [6.45, 7) is 9.07. The molecule has 0 spiro atoms. The van der Waals surface area contributed by atoms with E-state index < -0.39 is 8.32 Å². The number of carbonyl (C=O) groups excluding carboxylic acids is 1. The van der Waals surface area contributed by atoms with E-state index >= 15 is 0 Å². The molecule has 0 unspecified atom stereocenters. The van der Waals surface area contributed by atoms with Gasteiger partial charge in [-0.15, -0.1) is 0 Å². The first-order valence-electron chi connectivity index (χ1n) is 10.8. The van der Waals surface area contributed by atoms with E-state index in [4.69, 9.17) is 9.16 Å². The lowest BCUT2D eigenvalue weighted by Gasteiger charge is -2.45. The van der Waals surface area contributed by atoms with Crippen molar-refractivity contribution in [1.82, 2.24) is 5.32 Å². The molecule has 158 valence electrons. The van der Waals surface area contributed by atoms with Gasteiger partial charge in [-0.3, -0.25) is 0 Å². The molecule has 0 bridgehead atoms. The number of hydrogen-bond acceptors (Lipinski definition) is 4. The number of esters is 1. The second kappa shape index (κ2) is 8.14. The van der Waals surface area contributed by atoms with Crippen LogP contribution in [0.4, 0.5) is 0 Å². The SMILES string of the molecule is CCOC(=O)C1=C[C@@H]2N[C@@H]2[C@H](O[Si](c2ccccc2)(c2ccccc2)C(C)(C)C)C1. The minimum atomic E-state index is -2.65. The van der Waals surface area contributed by atoms with Gasteiger partial charge in [0.25, 0.3) is 8.32 Å². The monoisotopic (exact) mass is 421 g/mol. The van der Waals surface area contributed by atoms with Crippen LogP contribution in [0.25, 0.3) is 0 Å². The summed E-state index contributed by atoms with van der Waals surface area (Å²) in [6.07, 6.45) is 2.54. The molecule has 4 nitrogen and oxygen atoms in total. The Kier molecular flexibility index (Phi) is 5.71. The molecule has 1 heterocycles. The van der Waals surface area contributed by atoms with E-state index in [1.165, 1.54) is 10.4 Å². The quantitative estimate of drug-likeness (QED) is 0.442. The zero-order valence-corrected chi connectivity index (χ0v) is 19.2. The zero-order valence-electron chi connectivity index (χ0n) is 18.2. The Hall–Kier alpha value is -2.21. The van der Waals surface area contributed by atoms with Crippen LogP contribution >= 0.6 is 0 Å². The van der Waals surface area contributed by atoms with Gasteiger partial charge in [0.05, 0.1) is 18.8 Å². The highest BCUT2D eigenvalue weighted by Gasteiger charge is 2.55. The van der Waals surface area contributed by atoms with Gasteiger partial charge >= 0.3 is 5.97 Å². The molecule has 2 aliphatic rings. The third-order valence-electron chi connectivity index (χ3n) is 6.15. The Balaban J connectivity index is 1.77. The fourth-order valence-electron chi connectivity index (χ4n) is 4.69. The summed E-state index contributed by atoms with van der Waals surface area (Å²) in [5.74, 6) is -0.222. The van der Waals surface area contributed by atoms with Crippen molar-refractivity contribution in [1.29, 1.82) is 0 Å². The molecule has 0 saturated carbocycles. The van der Waals surface area contributed by atoms with E-state index in [-0.39, 0.29) is 29.2 Å². The van der Waals surface area contributed by atoms with Crippen LogP contribution in [-0.4, -0.2) is 39.1 Å². The van der Waals surface area contributed by atoms with Crippen molar-refractivity contribution < 1.29 is 14.0 Å². The maximum absolute atomic E-state index is 12.4. The standard InChI is InChI=1S/C25H31NO3Si/c1-5-28-24(27)18-16-21-23(26-21)22(17-18)29-30(25(2,3)4,19-12-8-6-9-13-19)20-14-10-7-11-15-20/h6-16,21-23,26H,5,17H2,1-4H3/t21-,22+,23-/m0/s1. The highest BCUT2D eigenvalue weighted by molar-refractivity contribution is 6.99. The van der Waals surface area contributed by atoms with Crippen molar-refractivity contribution in [3.8, 4) is 0 Å². The van der Waals surface area contributed by atoms with Crippen LogP contribution in [0.1, 0.15) is 34.1 Å². The lowest BCUT2D eigenvalue weighted by Crippen LogP contribution is -2.68. The minimum absolute atomic E-state index is 0.0642. The molecule has 5 heteroatoms. The molecule has 1 N–H and O–H groups in total. The molecule has 1 saturated heterocycles. The normalized spacial score (nSPS) is 23.3. The summed E-state index contributed by atoms with van der Waals surface area (Å²) in [6, 6.07) is 21.7. The molecule has 1 aliphatic heterocycles. The van der Waals surface area contributed by atoms with Crippen molar-refractivity contribution in [2.45, 2.75) is 57.3 Å². The van der Waals surface area contributed by atoms with Gasteiger partial charge in [-0.05, 0) is 22.3 Å². The third kappa shape index (κ3) is 3.77. The maximum atomic E-state index is 12.4. The van der Waals surface area contributed by atoms with E-state index in [1.807, 2.05) is 13.0 Å². The topological polar surface area (TPSA) is 57.5 Å². The van der Waals surface area contributed by atoms with Gasteiger partial charge in [-0.1, -0.05) is 87.5 Å². The van der Waals surface area contributed by atoms with Crippen LogP contribution < -0.4 is 15.7 Å². The molecule has 1 fully saturated rings. The van der Waals surface area contributed by atoms with E-state index in [1.54, 1.807) is 0 Å². The summed E-state index contributed by atoms with van der Waals surface area (Å²) in [7, 11) is -2.65. The molecule has 0 amide bonds. The van der Waals surface area contributed by atoms with Gasteiger partial charge in [0.15, 0.2) is 0 Å². The molecule has 30 heavy (non-hydrogen) atoms. The predicted octanol–water partition coefficient (Wildman–Crippen LogP) is 3.17. The number of nitrogens with one attached hydrogen (secondary N) is 1. The highest BCUT2D eigenvalue weighted by Crippen LogP contribution is 2.41. The molecular weight excluding hydrogens is 390 g/mol. The summed E-state index contributed by atoms with van der Waals surface area (Å²) >= 11 is 0. The van der Waals surface area contributed by atoms with Gasteiger partial charge in [0.1, 0.15) is 0 Å². The maximum Gasteiger partial charge on any atom is 0.333 e. The first-order valence-corrected chi connectivity index (χ1v) is 12.7. The fraction of sp³-hybridized carbons (Fsp3) is 0.400. The second-order valence-corrected chi connectivity index (χ2v) is 13.4. The Bertz CT molecular complexity index is 881. The average molecular weight is 422 g/mol. The molecule has 2 aromatic carbocycles. The Morgan fingerprint density at radius 1 is 1.03 bits per heavy atom. The smallest absolute Gasteiger partial charge is 0.333 e. The lowest BCUT2D eigenvalue weighted by atomic mass is 9.97. The first kappa shape index (κ1) is 21.0. The predicted molar refractivity (Wildman–Crippen MR) is 123 cm³/mol. The Morgan fingerprint density at radius 3 is 2.10 bits per heavy atom. The zero-order chi connectivity index (χ0) is 21.4. The number of hydrogen-bond donors (Lipinski definition) is 1. The molecule has 3 atom stereocenters. The van der Waals surface area contributed by atoms with Crippen molar-refractivity contribution in [2.75, 3.05) is 6.61 Å². The van der Waals surface area contributed by atoms with Gasteiger partial charge in [0.2, 0.25) is 0 Å². The van der Waals surface area contributed by atoms with E-state index in [0.29, 0.717) is 13.0 Å². The summed E-state index contributed by atoms with van der Waals surface area (Å²) < 4.78 is 12.5. The first-order chi connectivity index (χ1) is 14.4.